The van der Waals surface area contributed by atoms with Crippen molar-refractivity contribution < 1.29 is 10.0 Å². The summed E-state index contributed by atoms with van der Waals surface area (Å²) in [5, 5.41) is 14.6. The standard InChI is InChI=1S/C15H21N3O2/c1-2-3-12-9-13(12)17-14(19)8-10-4-6-11(7-5-10)15(16)18-20/h4-7,12-13,20H,2-3,8-9H2,1H3,(H2,16,18)(H,17,19). The molecule has 1 aliphatic carbocycles. The highest BCUT2D eigenvalue weighted by Crippen LogP contribution is 2.34. The molecule has 4 N–H and O–H groups in total. The summed E-state index contributed by atoms with van der Waals surface area (Å²) in [7, 11) is 0. The van der Waals surface area contributed by atoms with Gasteiger partial charge in [0.25, 0.3) is 0 Å². The number of carbonyl (C=O) groups is 1. The number of hydrogen-bond acceptors (Lipinski definition) is 3. The molecule has 0 heterocycles. The highest BCUT2D eigenvalue weighted by molar-refractivity contribution is 5.97. The van der Waals surface area contributed by atoms with Crippen molar-refractivity contribution in [3.8, 4) is 0 Å². The summed E-state index contributed by atoms with van der Waals surface area (Å²) in [6.45, 7) is 2.17. The minimum absolute atomic E-state index is 0.0603. The molecule has 1 amide bonds. The van der Waals surface area contributed by atoms with Crippen molar-refractivity contribution in [3.05, 3.63) is 35.4 Å². The number of amides is 1. The second-order valence-corrected chi connectivity index (χ2v) is 5.32. The predicted molar refractivity (Wildman–Crippen MR) is 77.6 cm³/mol. The maximum absolute atomic E-state index is 11.9. The molecule has 0 saturated heterocycles. The van der Waals surface area contributed by atoms with Crippen LogP contribution in [0, 0.1) is 5.92 Å². The summed E-state index contributed by atoms with van der Waals surface area (Å²) >= 11 is 0. The van der Waals surface area contributed by atoms with E-state index < -0.39 is 0 Å². The fourth-order valence-electron chi connectivity index (χ4n) is 2.41. The molecule has 0 radical (unpaired) electrons. The molecule has 0 aliphatic heterocycles. The molecule has 5 nitrogen and oxygen atoms in total. The summed E-state index contributed by atoms with van der Waals surface area (Å²) in [6.07, 6.45) is 3.85. The van der Waals surface area contributed by atoms with Crippen molar-refractivity contribution in [2.24, 2.45) is 16.8 Å². The zero-order chi connectivity index (χ0) is 14.5. The molecule has 1 fully saturated rings. The fraction of sp³-hybridized carbons (Fsp3) is 0.467. The van der Waals surface area contributed by atoms with Gasteiger partial charge in [-0.3, -0.25) is 4.79 Å². The minimum atomic E-state index is 0.0603. The first-order valence-electron chi connectivity index (χ1n) is 7.00. The molecule has 2 rings (SSSR count). The van der Waals surface area contributed by atoms with Crippen LogP contribution in [0.2, 0.25) is 0 Å². The lowest BCUT2D eigenvalue weighted by atomic mass is 10.1. The zero-order valence-corrected chi connectivity index (χ0v) is 11.7. The van der Waals surface area contributed by atoms with Gasteiger partial charge in [-0.2, -0.15) is 0 Å². The van der Waals surface area contributed by atoms with Crippen molar-refractivity contribution in [1.82, 2.24) is 5.32 Å². The fourth-order valence-corrected chi connectivity index (χ4v) is 2.41. The molecule has 2 atom stereocenters. The van der Waals surface area contributed by atoms with E-state index in [0.29, 0.717) is 23.9 Å². The van der Waals surface area contributed by atoms with Crippen LogP contribution in [0.1, 0.15) is 37.3 Å². The van der Waals surface area contributed by atoms with Gasteiger partial charge in [0.05, 0.1) is 6.42 Å². The Balaban J connectivity index is 1.83. The smallest absolute Gasteiger partial charge is 0.224 e. The first-order chi connectivity index (χ1) is 9.63. The number of oxime groups is 1. The number of nitrogens with one attached hydrogen (secondary N) is 1. The number of hydrogen-bond donors (Lipinski definition) is 3. The number of amidine groups is 1. The molecule has 0 aromatic heterocycles. The van der Waals surface area contributed by atoms with Crippen molar-refractivity contribution >= 4 is 11.7 Å². The van der Waals surface area contributed by atoms with Gasteiger partial charge >= 0.3 is 0 Å². The van der Waals surface area contributed by atoms with Gasteiger partial charge in [0.15, 0.2) is 5.84 Å². The van der Waals surface area contributed by atoms with Crippen LogP contribution in [0.25, 0.3) is 0 Å². The van der Waals surface area contributed by atoms with Crippen molar-refractivity contribution in [2.45, 2.75) is 38.6 Å². The van der Waals surface area contributed by atoms with Crippen LogP contribution in [-0.4, -0.2) is 23.0 Å². The molecular weight excluding hydrogens is 254 g/mol. The Morgan fingerprint density at radius 2 is 2.15 bits per heavy atom. The number of rotatable bonds is 6. The van der Waals surface area contributed by atoms with E-state index in [1.54, 1.807) is 12.1 Å². The van der Waals surface area contributed by atoms with Crippen molar-refractivity contribution in [2.75, 3.05) is 0 Å². The minimum Gasteiger partial charge on any atom is -0.409 e. The second-order valence-electron chi connectivity index (χ2n) is 5.32. The Morgan fingerprint density at radius 1 is 1.45 bits per heavy atom. The largest absolute Gasteiger partial charge is 0.409 e. The Bertz CT molecular complexity index is 496. The molecule has 20 heavy (non-hydrogen) atoms. The quantitative estimate of drug-likeness (QED) is 0.319. The topological polar surface area (TPSA) is 87.7 Å². The molecule has 0 spiro atoms. The lowest BCUT2D eigenvalue weighted by Crippen LogP contribution is -2.28. The van der Waals surface area contributed by atoms with E-state index in [1.165, 1.54) is 12.8 Å². The maximum atomic E-state index is 11.9. The van der Waals surface area contributed by atoms with Gasteiger partial charge in [-0.1, -0.05) is 42.8 Å². The summed E-state index contributed by atoms with van der Waals surface area (Å²) in [6, 6.07) is 7.51. The number of benzene rings is 1. The molecule has 1 saturated carbocycles. The highest BCUT2D eigenvalue weighted by atomic mass is 16.4. The average Bonchev–Trinajstić information content (AvgIpc) is 3.16. The Labute approximate surface area is 118 Å². The van der Waals surface area contributed by atoms with E-state index >= 15 is 0 Å². The Hall–Kier alpha value is -2.04. The SMILES string of the molecule is CCCC1CC1NC(=O)Cc1ccc(/C(N)=N/O)cc1. The lowest BCUT2D eigenvalue weighted by molar-refractivity contribution is -0.120. The van der Waals surface area contributed by atoms with Gasteiger partial charge < -0.3 is 16.3 Å². The summed E-state index contributed by atoms with van der Waals surface area (Å²) in [5.74, 6) is 0.804. The van der Waals surface area contributed by atoms with Crippen LogP contribution in [0.4, 0.5) is 0 Å². The van der Waals surface area contributed by atoms with Crippen LogP contribution in [-0.2, 0) is 11.2 Å². The van der Waals surface area contributed by atoms with Gasteiger partial charge in [0.2, 0.25) is 5.91 Å². The van der Waals surface area contributed by atoms with Gasteiger partial charge in [0.1, 0.15) is 0 Å². The Morgan fingerprint density at radius 3 is 2.75 bits per heavy atom. The zero-order valence-electron chi connectivity index (χ0n) is 11.7. The van der Waals surface area contributed by atoms with Gasteiger partial charge in [-0.15, -0.1) is 0 Å². The summed E-state index contributed by atoms with van der Waals surface area (Å²) < 4.78 is 0. The molecule has 1 aromatic carbocycles. The van der Waals surface area contributed by atoms with Gasteiger partial charge in [0, 0.05) is 11.6 Å². The van der Waals surface area contributed by atoms with Crippen molar-refractivity contribution in [1.29, 1.82) is 0 Å². The lowest BCUT2D eigenvalue weighted by Gasteiger charge is -2.05. The number of nitrogens with zero attached hydrogens (tertiary/aromatic N) is 1. The van der Waals surface area contributed by atoms with E-state index in [9.17, 15) is 4.79 Å². The van der Waals surface area contributed by atoms with E-state index in [-0.39, 0.29) is 11.7 Å². The first-order valence-corrected chi connectivity index (χ1v) is 7.00. The average molecular weight is 275 g/mol. The molecule has 5 heteroatoms. The normalized spacial score (nSPS) is 21.6. The molecule has 1 aromatic rings. The Kier molecular flexibility index (Phi) is 4.61. The van der Waals surface area contributed by atoms with Crippen LogP contribution in [0.3, 0.4) is 0 Å². The van der Waals surface area contributed by atoms with Crippen LogP contribution in [0.5, 0.6) is 0 Å². The first kappa shape index (κ1) is 14.4. The molecule has 0 bridgehead atoms. The van der Waals surface area contributed by atoms with Crippen LogP contribution < -0.4 is 11.1 Å². The maximum Gasteiger partial charge on any atom is 0.224 e. The van der Waals surface area contributed by atoms with E-state index in [2.05, 4.69) is 17.4 Å². The number of nitrogens with two attached hydrogens (primary N) is 1. The predicted octanol–water partition coefficient (Wildman–Crippen LogP) is 1.63. The van der Waals surface area contributed by atoms with Crippen molar-refractivity contribution in [3.63, 3.8) is 0 Å². The highest BCUT2D eigenvalue weighted by Gasteiger charge is 2.36. The summed E-state index contributed by atoms with van der Waals surface area (Å²) in [4.78, 5) is 11.9. The van der Waals surface area contributed by atoms with Gasteiger partial charge in [-0.25, -0.2) is 0 Å². The van der Waals surface area contributed by atoms with E-state index in [0.717, 1.165) is 12.0 Å². The van der Waals surface area contributed by atoms with Gasteiger partial charge in [-0.05, 0) is 24.3 Å². The molecule has 2 unspecified atom stereocenters. The van der Waals surface area contributed by atoms with E-state index in [4.69, 9.17) is 10.9 Å². The molecule has 108 valence electrons. The summed E-state index contributed by atoms with van der Waals surface area (Å²) in [5.41, 5.74) is 7.05. The van der Waals surface area contributed by atoms with E-state index in [1.807, 2.05) is 12.1 Å². The molecular formula is C15H21N3O2. The number of carbonyl (C=O) groups excluding carboxylic acids is 1. The van der Waals surface area contributed by atoms with Crippen LogP contribution in [0.15, 0.2) is 29.4 Å². The van der Waals surface area contributed by atoms with Crippen LogP contribution >= 0.6 is 0 Å². The third kappa shape index (κ3) is 3.73. The monoisotopic (exact) mass is 275 g/mol. The third-order valence-corrected chi connectivity index (χ3v) is 3.65. The third-order valence-electron chi connectivity index (χ3n) is 3.65. The molecule has 1 aliphatic rings. The second kappa shape index (κ2) is 6.41.